The lowest BCUT2D eigenvalue weighted by atomic mass is 9.64. The first-order valence-corrected chi connectivity index (χ1v) is 5.77. The molecule has 0 spiro atoms. The second kappa shape index (κ2) is 4.06. The van der Waals surface area contributed by atoms with Gasteiger partial charge in [-0.1, -0.05) is 13.8 Å². The number of pyridine rings is 1. The van der Waals surface area contributed by atoms with Gasteiger partial charge in [0.05, 0.1) is 18.9 Å². The largest absolute Gasteiger partial charge is 0.495 e. The minimum atomic E-state index is -0.684. The summed E-state index contributed by atoms with van der Waals surface area (Å²) in [5.41, 5.74) is 0.194. The Bertz CT molecular complexity index is 370. The predicted octanol–water partition coefficient (Wildman–Crippen LogP) is 2.34. The van der Waals surface area contributed by atoms with Crippen LogP contribution in [0, 0.1) is 11.8 Å². The van der Waals surface area contributed by atoms with Crippen LogP contribution in [0.4, 0.5) is 0 Å². The molecule has 0 atom stereocenters. The van der Waals surface area contributed by atoms with Crippen LogP contribution in [0.15, 0.2) is 18.5 Å². The quantitative estimate of drug-likeness (QED) is 0.852. The maximum absolute atomic E-state index is 10.4. The van der Waals surface area contributed by atoms with Crippen LogP contribution in [0.2, 0.25) is 0 Å². The van der Waals surface area contributed by atoms with Gasteiger partial charge < -0.3 is 9.84 Å². The van der Waals surface area contributed by atoms with Crippen LogP contribution in [0.25, 0.3) is 0 Å². The highest BCUT2D eigenvalue weighted by molar-refractivity contribution is 5.30. The van der Waals surface area contributed by atoms with Gasteiger partial charge in [0, 0.05) is 11.8 Å². The number of ether oxygens (including phenoxy) is 1. The third-order valence-electron chi connectivity index (χ3n) is 3.63. The molecule has 1 heterocycles. The zero-order valence-corrected chi connectivity index (χ0v) is 10.1. The monoisotopic (exact) mass is 221 g/mol. The molecule has 1 aliphatic carbocycles. The van der Waals surface area contributed by atoms with Crippen molar-refractivity contribution < 1.29 is 9.84 Å². The van der Waals surface area contributed by atoms with E-state index in [9.17, 15) is 5.11 Å². The van der Waals surface area contributed by atoms with Crippen molar-refractivity contribution in [3.63, 3.8) is 0 Å². The summed E-state index contributed by atoms with van der Waals surface area (Å²) in [6, 6.07) is 1.88. The second-order valence-electron chi connectivity index (χ2n) is 5.06. The molecule has 88 valence electrons. The molecule has 3 heteroatoms. The van der Waals surface area contributed by atoms with E-state index >= 15 is 0 Å². The molecule has 0 bridgehead atoms. The highest BCUT2D eigenvalue weighted by Gasteiger charge is 2.45. The molecular weight excluding hydrogens is 202 g/mol. The second-order valence-corrected chi connectivity index (χ2v) is 5.06. The molecule has 16 heavy (non-hydrogen) atoms. The standard InChI is InChI=1S/C13H19NO2/c1-9(2)10-5-13(15,6-10)11-4-12(16-3)8-14-7-11/h4,7-10,15H,5-6H2,1-3H3. The molecular formula is C13H19NO2. The molecule has 1 saturated carbocycles. The van der Waals surface area contributed by atoms with E-state index in [2.05, 4.69) is 18.8 Å². The molecule has 1 aliphatic rings. The van der Waals surface area contributed by atoms with Crippen molar-refractivity contribution in [2.45, 2.75) is 32.3 Å². The molecule has 0 aliphatic heterocycles. The number of aromatic nitrogens is 1. The van der Waals surface area contributed by atoms with Crippen LogP contribution in [-0.4, -0.2) is 17.2 Å². The number of hydrogen-bond acceptors (Lipinski definition) is 3. The summed E-state index contributed by atoms with van der Waals surface area (Å²) in [4.78, 5) is 4.09. The van der Waals surface area contributed by atoms with Gasteiger partial charge in [0.1, 0.15) is 5.75 Å². The lowest BCUT2D eigenvalue weighted by molar-refractivity contribution is -0.0936. The van der Waals surface area contributed by atoms with E-state index in [-0.39, 0.29) is 0 Å². The Morgan fingerprint density at radius 2 is 2.12 bits per heavy atom. The van der Waals surface area contributed by atoms with Gasteiger partial charge in [-0.05, 0) is 30.7 Å². The van der Waals surface area contributed by atoms with Crippen LogP contribution in [0.1, 0.15) is 32.3 Å². The highest BCUT2D eigenvalue weighted by atomic mass is 16.5. The van der Waals surface area contributed by atoms with E-state index in [1.54, 1.807) is 19.5 Å². The number of hydrogen-bond donors (Lipinski definition) is 1. The van der Waals surface area contributed by atoms with E-state index < -0.39 is 5.60 Å². The van der Waals surface area contributed by atoms with E-state index in [4.69, 9.17) is 4.74 Å². The summed E-state index contributed by atoms with van der Waals surface area (Å²) in [6.07, 6.45) is 5.06. The summed E-state index contributed by atoms with van der Waals surface area (Å²) in [5.74, 6) is 1.97. The molecule has 0 amide bonds. The summed E-state index contributed by atoms with van der Waals surface area (Å²) < 4.78 is 5.12. The molecule has 0 saturated heterocycles. The number of rotatable bonds is 3. The molecule has 0 radical (unpaired) electrons. The normalized spacial score (nSPS) is 28.9. The molecule has 1 fully saturated rings. The summed E-state index contributed by atoms with van der Waals surface area (Å²) >= 11 is 0. The van der Waals surface area contributed by atoms with Crippen molar-refractivity contribution >= 4 is 0 Å². The lowest BCUT2D eigenvalue weighted by Crippen LogP contribution is -2.43. The summed E-state index contributed by atoms with van der Waals surface area (Å²) in [5, 5.41) is 10.4. The fourth-order valence-corrected chi connectivity index (χ4v) is 2.30. The van der Waals surface area contributed by atoms with E-state index in [1.165, 1.54) is 0 Å². The first kappa shape index (κ1) is 11.4. The zero-order valence-electron chi connectivity index (χ0n) is 10.1. The van der Waals surface area contributed by atoms with Crippen molar-refractivity contribution in [1.82, 2.24) is 4.98 Å². The van der Waals surface area contributed by atoms with E-state index in [0.29, 0.717) is 17.6 Å². The number of methoxy groups -OCH3 is 1. The molecule has 2 rings (SSSR count). The molecule has 3 nitrogen and oxygen atoms in total. The van der Waals surface area contributed by atoms with Crippen molar-refractivity contribution in [1.29, 1.82) is 0 Å². The number of aliphatic hydroxyl groups is 1. The van der Waals surface area contributed by atoms with Gasteiger partial charge in [0.25, 0.3) is 0 Å². The van der Waals surface area contributed by atoms with Crippen LogP contribution < -0.4 is 4.74 Å². The summed E-state index contributed by atoms with van der Waals surface area (Å²) in [7, 11) is 1.61. The van der Waals surface area contributed by atoms with Crippen molar-refractivity contribution in [3.05, 3.63) is 24.0 Å². The van der Waals surface area contributed by atoms with Gasteiger partial charge in [0.2, 0.25) is 0 Å². The third-order valence-corrected chi connectivity index (χ3v) is 3.63. The van der Waals surface area contributed by atoms with Crippen LogP contribution >= 0.6 is 0 Å². The predicted molar refractivity (Wildman–Crippen MR) is 62.2 cm³/mol. The van der Waals surface area contributed by atoms with Crippen LogP contribution in [0.5, 0.6) is 5.75 Å². The van der Waals surface area contributed by atoms with Gasteiger partial charge in [-0.15, -0.1) is 0 Å². The van der Waals surface area contributed by atoms with Crippen molar-refractivity contribution in [2.24, 2.45) is 11.8 Å². The minimum Gasteiger partial charge on any atom is -0.495 e. The van der Waals surface area contributed by atoms with Crippen molar-refractivity contribution in [3.8, 4) is 5.75 Å². The maximum Gasteiger partial charge on any atom is 0.137 e. The molecule has 1 aromatic heterocycles. The van der Waals surface area contributed by atoms with E-state index in [0.717, 1.165) is 18.4 Å². The Balaban J connectivity index is 2.13. The zero-order chi connectivity index (χ0) is 11.8. The molecule has 1 aromatic rings. The smallest absolute Gasteiger partial charge is 0.137 e. The fraction of sp³-hybridized carbons (Fsp3) is 0.615. The Morgan fingerprint density at radius 3 is 2.69 bits per heavy atom. The first-order chi connectivity index (χ1) is 7.55. The van der Waals surface area contributed by atoms with Gasteiger partial charge in [-0.3, -0.25) is 4.98 Å². The first-order valence-electron chi connectivity index (χ1n) is 5.77. The molecule has 0 aromatic carbocycles. The Kier molecular flexibility index (Phi) is 2.89. The Labute approximate surface area is 96.5 Å². The average molecular weight is 221 g/mol. The van der Waals surface area contributed by atoms with Crippen LogP contribution in [0.3, 0.4) is 0 Å². The Hall–Kier alpha value is -1.09. The lowest BCUT2D eigenvalue weighted by Gasteiger charge is -2.46. The maximum atomic E-state index is 10.4. The number of nitrogens with zero attached hydrogens (tertiary/aromatic N) is 1. The van der Waals surface area contributed by atoms with Gasteiger partial charge in [0.15, 0.2) is 0 Å². The van der Waals surface area contributed by atoms with Gasteiger partial charge in [-0.25, -0.2) is 0 Å². The molecule has 0 unspecified atom stereocenters. The SMILES string of the molecule is COc1cncc(C2(O)CC(C(C)C)C2)c1. The van der Waals surface area contributed by atoms with Gasteiger partial charge >= 0.3 is 0 Å². The van der Waals surface area contributed by atoms with Crippen LogP contribution in [-0.2, 0) is 5.60 Å². The fourth-order valence-electron chi connectivity index (χ4n) is 2.30. The topological polar surface area (TPSA) is 42.4 Å². The van der Waals surface area contributed by atoms with Gasteiger partial charge in [-0.2, -0.15) is 0 Å². The third kappa shape index (κ3) is 1.92. The highest BCUT2D eigenvalue weighted by Crippen LogP contribution is 2.48. The summed E-state index contributed by atoms with van der Waals surface area (Å²) in [6.45, 7) is 4.40. The average Bonchev–Trinajstić information content (AvgIpc) is 2.24. The molecule has 1 N–H and O–H groups in total. The van der Waals surface area contributed by atoms with E-state index in [1.807, 2.05) is 6.07 Å². The van der Waals surface area contributed by atoms with Crippen molar-refractivity contribution in [2.75, 3.05) is 7.11 Å². The Morgan fingerprint density at radius 1 is 1.44 bits per heavy atom. The minimum absolute atomic E-state index is 0.621.